The van der Waals surface area contributed by atoms with Gasteiger partial charge in [0.05, 0.1) is 18.2 Å². The number of thiol groups is 1. The van der Waals surface area contributed by atoms with Crippen LogP contribution in [0.3, 0.4) is 0 Å². The molecule has 1 rings (SSSR count). The Morgan fingerprint density at radius 2 is 2.29 bits per heavy atom. The van der Waals surface area contributed by atoms with Gasteiger partial charge in [-0.15, -0.1) is 12.6 Å². The van der Waals surface area contributed by atoms with Gasteiger partial charge in [-0.05, 0) is 34.7 Å². The molecule has 0 amide bonds. The molecule has 0 saturated heterocycles. The molecule has 0 spiro atoms. The van der Waals surface area contributed by atoms with Gasteiger partial charge in [-0.1, -0.05) is 0 Å². The summed E-state index contributed by atoms with van der Waals surface area (Å²) in [6.07, 6.45) is 0. The summed E-state index contributed by atoms with van der Waals surface area (Å²) < 4.78 is 5.27. The minimum absolute atomic E-state index is 0.257. The normalized spacial score (nSPS) is 9.29. The van der Waals surface area contributed by atoms with Gasteiger partial charge in [-0.2, -0.15) is 5.26 Å². The largest absolute Gasteiger partial charge is 0.465 e. The first-order valence-corrected chi connectivity index (χ1v) is 5.14. The SMILES string of the molecule is COC(=O)c1c(I)ccc(S)c1C#N. The first-order valence-electron chi connectivity index (χ1n) is 3.61. The van der Waals surface area contributed by atoms with Crippen molar-refractivity contribution >= 4 is 41.2 Å². The Hall–Kier alpha value is -0.740. The zero-order valence-corrected chi connectivity index (χ0v) is 10.3. The van der Waals surface area contributed by atoms with Gasteiger partial charge in [-0.3, -0.25) is 0 Å². The van der Waals surface area contributed by atoms with E-state index < -0.39 is 5.97 Å². The molecule has 0 bridgehead atoms. The van der Waals surface area contributed by atoms with Crippen molar-refractivity contribution in [2.24, 2.45) is 0 Å². The molecule has 0 aromatic heterocycles. The molecular weight excluding hydrogens is 313 g/mol. The number of rotatable bonds is 1. The molecule has 0 heterocycles. The number of carbonyl (C=O) groups excluding carboxylic acids is 1. The molecule has 0 aliphatic heterocycles. The lowest BCUT2D eigenvalue weighted by molar-refractivity contribution is 0.0599. The molecule has 3 nitrogen and oxygen atoms in total. The fraction of sp³-hybridized carbons (Fsp3) is 0.111. The van der Waals surface area contributed by atoms with Crippen molar-refractivity contribution < 1.29 is 9.53 Å². The number of benzene rings is 1. The zero-order chi connectivity index (χ0) is 10.7. The van der Waals surface area contributed by atoms with Crippen molar-refractivity contribution in [3.05, 3.63) is 26.8 Å². The molecule has 5 heteroatoms. The Bertz CT molecular complexity index is 426. The summed E-state index contributed by atoms with van der Waals surface area (Å²) in [4.78, 5) is 11.8. The molecular formula is C9H6INO2S. The van der Waals surface area contributed by atoms with E-state index in [4.69, 9.17) is 5.26 Å². The van der Waals surface area contributed by atoms with Gasteiger partial charge in [0.15, 0.2) is 0 Å². The molecule has 0 atom stereocenters. The van der Waals surface area contributed by atoms with Crippen molar-refractivity contribution in [2.45, 2.75) is 4.90 Å². The summed E-state index contributed by atoms with van der Waals surface area (Å²) in [6.45, 7) is 0. The van der Waals surface area contributed by atoms with Crippen LogP contribution in [-0.2, 0) is 4.74 Å². The second-order valence-corrected chi connectivity index (χ2v) is 4.06. The Kier molecular flexibility index (Phi) is 3.77. The number of esters is 1. The molecule has 0 fully saturated rings. The Balaban J connectivity index is 3.47. The van der Waals surface area contributed by atoms with Crippen molar-refractivity contribution in [3.8, 4) is 6.07 Å². The lowest BCUT2D eigenvalue weighted by Crippen LogP contribution is -2.07. The number of carbonyl (C=O) groups is 1. The van der Waals surface area contributed by atoms with Crippen LogP contribution >= 0.6 is 35.2 Å². The molecule has 0 saturated carbocycles. The van der Waals surface area contributed by atoms with Crippen molar-refractivity contribution in [1.82, 2.24) is 0 Å². The van der Waals surface area contributed by atoms with Crippen molar-refractivity contribution in [3.63, 3.8) is 0 Å². The van der Waals surface area contributed by atoms with E-state index in [2.05, 4.69) is 17.4 Å². The smallest absolute Gasteiger partial charge is 0.340 e. The van der Waals surface area contributed by atoms with Crippen LogP contribution in [0.2, 0.25) is 0 Å². The Morgan fingerprint density at radius 3 is 2.79 bits per heavy atom. The molecule has 14 heavy (non-hydrogen) atoms. The first-order chi connectivity index (χ1) is 6.61. The van der Waals surface area contributed by atoms with Crippen LogP contribution < -0.4 is 0 Å². The highest BCUT2D eigenvalue weighted by atomic mass is 127. The number of nitrogens with zero attached hydrogens (tertiary/aromatic N) is 1. The van der Waals surface area contributed by atoms with Gasteiger partial charge >= 0.3 is 5.97 Å². The van der Waals surface area contributed by atoms with E-state index in [0.717, 1.165) is 0 Å². The van der Waals surface area contributed by atoms with Crippen LogP contribution in [0.4, 0.5) is 0 Å². The van der Waals surface area contributed by atoms with Crippen LogP contribution in [0, 0.1) is 14.9 Å². The van der Waals surface area contributed by atoms with Gasteiger partial charge in [0.2, 0.25) is 0 Å². The molecule has 1 aromatic rings. The van der Waals surface area contributed by atoms with E-state index in [9.17, 15) is 4.79 Å². The van der Waals surface area contributed by atoms with E-state index >= 15 is 0 Å². The highest BCUT2D eigenvalue weighted by molar-refractivity contribution is 14.1. The fourth-order valence-corrected chi connectivity index (χ4v) is 1.89. The number of nitriles is 1. The van der Waals surface area contributed by atoms with Crippen LogP contribution in [0.5, 0.6) is 0 Å². The topological polar surface area (TPSA) is 50.1 Å². The van der Waals surface area contributed by atoms with Gasteiger partial charge in [-0.25, -0.2) is 4.79 Å². The number of hydrogen-bond donors (Lipinski definition) is 1. The molecule has 72 valence electrons. The highest BCUT2D eigenvalue weighted by Crippen LogP contribution is 2.23. The average molecular weight is 319 g/mol. The molecule has 0 unspecified atom stereocenters. The van der Waals surface area contributed by atoms with Gasteiger partial charge in [0, 0.05) is 8.47 Å². The number of ether oxygens (including phenoxy) is 1. The third-order valence-corrected chi connectivity index (χ3v) is 2.91. The summed E-state index contributed by atoms with van der Waals surface area (Å²) >= 11 is 6.07. The van der Waals surface area contributed by atoms with Crippen molar-refractivity contribution in [1.29, 1.82) is 5.26 Å². The minimum atomic E-state index is -0.512. The number of halogens is 1. The predicted octanol–water partition coefficient (Wildman–Crippen LogP) is 2.24. The molecule has 1 aromatic carbocycles. The Labute approximate surface area is 101 Å². The number of hydrogen-bond acceptors (Lipinski definition) is 4. The van der Waals surface area contributed by atoms with E-state index in [1.54, 1.807) is 12.1 Å². The fourth-order valence-electron chi connectivity index (χ4n) is 0.981. The van der Waals surface area contributed by atoms with Crippen molar-refractivity contribution in [2.75, 3.05) is 7.11 Å². The van der Waals surface area contributed by atoms with Crippen LogP contribution in [0.15, 0.2) is 17.0 Å². The quantitative estimate of drug-likeness (QED) is 0.491. The minimum Gasteiger partial charge on any atom is -0.465 e. The molecule has 0 aliphatic carbocycles. The lowest BCUT2D eigenvalue weighted by atomic mass is 10.1. The zero-order valence-electron chi connectivity index (χ0n) is 7.24. The average Bonchev–Trinajstić information content (AvgIpc) is 2.19. The maximum atomic E-state index is 11.4. The van der Waals surface area contributed by atoms with E-state index in [0.29, 0.717) is 8.47 Å². The third kappa shape index (κ3) is 2.01. The van der Waals surface area contributed by atoms with Gasteiger partial charge in [0.1, 0.15) is 6.07 Å². The highest BCUT2D eigenvalue weighted by Gasteiger charge is 2.17. The predicted molar refractivity (Wildman–Crippen MR) is 62.5 cm³/mol. The second-order valence-electron chi connectivity index (χ2n) is 2.42. The van der Waals surface area contributed by atoms with E-state index in [1.165, 1.54) is 7.11 Å². The van der Waals surface area contributed by atoms with Gasteiger partial charge in [0.25, 0.3) is 0 Å². The summed E-state index contributed by atoms with van der Waals surface area (Å²) in [6, 6.07) is 5.33. The summed E-state index contributed by atoms with van der Waals surface area (Å²) in [5.41, 5.74) is 0.537. The lowest BCUT2D eigenvalue weighted by Gasteiger charge is -2.06. The van der Waals surface area contributed by atoms with Gasteiger partial charge < -0.3 is 4.74 Å². The third-order valence-electron chi connectivity index (χ3n) is 1.63. The van der Waals surface area contributed by atoms with Crippen LogP contribution in [0.25, 0.3) is 0 Å². The second kappa shape index (κ2) is 4.66. The maximum absolute atomic E-state index is 11.4. The van der Waals surface area contributed by atoms with E-state index in [-0.39, 0.29) is 11.1 Å². The Morgan fingerprint density at radius 1 is 1.64 bits per heavy atom. The first kappa shape index (κ1) is 11.3. The molecule has 0 N–H and O–H groups in total. The maximum Gasteiger partial charge on any atom is 0.340 e. The monoisotopic (exact) mass is 319 g/mol. The molecule has 0 radical (unpaired) electrons. The summed E-state index contributed by atoms with van der Waals surface area (Å²) in [5, 5.41) is 8.86. The van der Waals surface area contributed by atoms with E-state index in [1.807, 2.05) is 28.7 Å². The molecule has 0 aliphatic rings. The summed E-state index contributed by atoms with van der Waals surface area (Å²) in [5.74, 6) is -0.512. The summed E-state index contributed by atoms with van der Waals surface area (Å²) in [7, 11) is 1.28. The van der Waals surface area contributed by atoms with Crippen LogP contribution in [0.1, 0.15) is 15.9 Å². The van der Waals surface area contributed by atoms with Crippen LogP contribution in [-0.4, -0.2) is 13.1 Å². The number of methoxy groups -OCH3 is 1. The standard InChI is InChI=1S/C9H6INO2S/c1-13-9(12)8-5(4-11)7(14)3-2-6(8)10/h2-3,14H,1H3.